The minimum absolute atomic E-state index is 0.0314. The number of ether oxygens (including phenoxy) is 1. The van der Waals surface area contributed by atoms with Gasteiger partial charge in [-0.1, -0.05) is 12.1 Å². The van der Waals surface area contributed by atoms with Crippen molar-refractivity contribution in [3.8, 4) is 23.1 Å². The zero-order valence-electron chi connectivity index (χ0n) is 15.3. The number of hydrogen-bond acceptors (Lipinski definition) is 6. The van der Waals surface area contributed by atoms with E-state index in [0.717, 1.165) is 34.1 Å². The van der Waals surface area contributed by atoms with E-state index < -0.39 is 0 Å². The van der Waals surface area contributed by atoms with Crippen LogP contribution in [0.3, 0.4) is 0 Å². The highest BCUT2D eigenvalue weighted by Crippen LogP contribution is 2.26. The molecule has 1 heterocycles. The van der Waals surface area contributed by atoms with Crippen LogP contribution in [-0.4, -0.2) is 23.8 Å². The van der Waals surface area contributed by atoms with Crippen molar-refractivity contribution in [1.29, 1.82) is 5.26 Å². The highest BCUT2D eigenvalue weighted by atomic mass is 32.2. The number of carbonyl (C=O) groups excluding carboxylic acids is 1. The van der Waals surface area contributed by atoms with E-state index in [1.54, 1.807) is 31.0 Å². The first-order chi connectivity index (χ1) is 13.7. The Bertz CT molecular complexity index is 961. The molecule has 0 radical (unpaired) electrons. The van der Waals surface area contributed by atoms with E-state index in [9.17, 15) is 4.79 Å². The van der Waals surface area contributed by atoms with Gasteiger partial charge in [-0.3, -0.25) is 4.79 Å². The molecule has 2 aromatic carbocycles. The molecule has 0 saturated heterocycles. The maximum Gasteiger partial charge on any atom is 0.226 e. The number of nitriles is 1. The number of nitrogens with zero attached hydrogens (tertiary/aromatic N) is 2. The van der Waals surface area contributed by atoms with Crippen molar-refractivity contribution in [3.63, 3.8) is 0 Å². The second kappa shape index (κ2) is 9.93. The topological polar surface area (TPSA) is 75.0 Å². The summed E-state index contributed by atoms with van der Waals surface area (Å²) in [5, 5.41) is 14.2. The van der Waals surface area contributed by atoms with Crippen molar-refractivity contribution in [2.75, 3.05) is 18.2 Å². The molecule has 28 heavy (non-hydrogen) atoms. The number of hydrogen-bond donors (Lipinski definition) is 1. The molecule has 0 unspecified atom stereocenters. The first-order valence-corrected chi connectivity index (χ1v) is 10.6. The van der Waals surface area contributed by atoms with Gasteiger partial charge in [0, 0.05) is 22.3 Å². The van der Waals surface area contributed by atoms with Crippen molar-refractivity contribution in [3.05, 3.63) is 59.5 Å². The van der Waals surface area contributed by atoms with Gasteiger partial charge in [0.15, 0.2) is 5.13 Å². The summed E-state index contributed by atoms with van der Waals surface area (Å²) in [6.45, 7) is 0. The molecule has 0 atom stereocenters. The average molecular weight is 410 g/mol. The van der Waals surface area contributed by atoms with Gasteiger partial charge in [-0.05, 0) is 48.6 Å². The molecule has 1 amide bonds. The predicted molar refractivity (Wildman–Crippen MR) is 114 cm³/mol. The summed E-state index contributed by atoms with van der Waals surface area (Å²) >= 11 is 3.12. The standard InChI is InChI=1S/C21H19N3O2S2/c1-26-17-8-10-18(11-9-17)27-12-2-3-20(25)24-21-23-19(14-28-21)16-6-4-15(13-22)5-7-16/h4-11,14H,2-3,12H2,1H3,(H,23,24,25). The van der Waals surface area contributed by atoms with Crippen LogP contribution >= 0.6 is 23.1 Å². The van der Waals surface area contributed by atoms with Crippen molar-refractivity contribution < 1.29 is 9.53 Å². The Morgan fingerprint density at radius 3 is 2.64 bits per heavy atom. The third kappa shape index (κ3) is 5.59. The van der Waals surface area contributed by atoms with Gasteiger partial charge in [0.1, 0.15) is 5.75 Å². The quantitative estimate of drug-likeness (QED) is 0.409. The summed E-state index contributed by atoms with van der Waals surface area (Å²) in [7, 11) is 1.65. The normalized spacial score (nSPS) is 10.3. The molecule has 1 N–H and O–H groups in total. The Morgan fingerprint density at radius 2 is 1.96 bits per heavy atom. The lowest BCUT2D eigenvalue weighted by Gasteiger charge is -2.04. The number of carbonyl (C=O) groups is 1. The molecule has 0 spiro atoms. The molecule has 142 valence electrons. The molecular formula is C21H19N3O2S2. The first-order valence-electron chi connectivity index (χ1n) is 8.70. The molecule has 0 fully saturated rings. The Hall–Kier alpha value is -2.82. The summed E-state index contributed by atoms with van der Waals surface area (Å²) in [5.41, 5.74) is 2.33. The summed E-state index contributed by atoms with van der Waals surface area (Å²) in [6, 6.07) is 17.2. The summed E-state index contributed by atoms with van der Waals surface area (Å²) in [4.78, 5) is 17.7. The number of thioether (sulfide) groups is 1. The Morgan fingerprint density at radius 1 is 1.21 bits per heavy atom. The predicted octanol–water partition coefficient (Wildman–Crippen LogP) is 5.20. The van der Waals surface area contributed by atoms with Crippen LogP contribution in [0, 0.1) is 11.3 Å². The second-order valence-electron chi connectivity index (χ2n) is 5.90. The molecule has 0 aliphatic carbocycles. The van der Waals surface area contributed by atoms with E-state index in [1.807, 2.05) is 41.8 Å². The number of aromatic nitrogens is 1. The van der Waals surface area contributed by atoms with Gasteiger partial charge in [0.25, 0.3) is 0 Å². The molecule has 1 aromatic heterocycles. The van der Waals surface area contributed by atoms with Crippen LogP contribution in [-0.2, 0) is 4.79 Å². The van der Waals surface area contributed by atoms with Crippen molar-refractivity contribution >= 4 is 34.1 Å². The summed E-state index contributed by atoms with van der Waals surface area (Å²) < 4.78 is 5.14. The minimum atomic E-state index is -0.0314. The van der Waals surface area contributed by atoms with E-state index in [2.05, 4.69) is 16.4 Å². The second-order valence-corrected chi connectivity index (χ2v) is 7.93. The zero-order valence-corrected chi connectivity index (χ0v) is 17.0. The zero-order chi connectivity index (χ0) is 19.8. The highest BCUT2D eigenvalue weighted by Gasteiger charge is 2.08. The third-order valence-electron chi connectivity index (χ3n) is 3.94. The van der Waals surface area contributed by atoms with Crippen LogP contribution in [0.4, 0.5) is 5.13 Å². The smallest absolute Gasteiger partial charge is 0.226 e. The molecule has 0 saturated carbocycles. The average Bonchev–Trinajstić information content (AvgIpc) is 3.20. The molecule has 7 heteroatoms. The fraction of sp³-hybridized carbons (Fsp3) is 0.190. The van der Waals surface area contributed by atoms with Crippen LogP contribution in [0.5, 0.6) is 5.75 Å². The van der Waals surface area contributed by atoms with Gasteiger partial charge in [-0.25, -0.2) is 4.98 Å². The number of benzene rings is 2. The van der Waals surface area contributed by atoms with Crippen molar-refractivity contribution in [2.45, 2.75) is 17.7 Å². The SMILES string of the molecule is COc1ccc(SCCCC(=O)Nc2nc(-c3ccc(C#N)cc3)cs2)cc1. The Kier molecular flexibility index (Phi) is 7.06. The highest BCUT2D eigenvalue weighted by molar-refractivity contribution is 7.99. The van der Waals surface area contributed by atoms with Gasteiger partial charge in [-0.15, -0.1) is 23.1 Å². The number of rotatable bonds is 8. The number of nitrogens with one attached hydrogen (secondary N) is 1. The van der Waals surface area contributed by atoms with Crippen molar-refractivity contribution in [2.24, 2.45) is 0 Å². The minimum Gasteiger partial charge on any atom is -0.497 e. The number of methoxy groups -OCH3 is 1. The van der Waals surface area contributed by atoms with E-state index in [1.165, 1.54) is 11.3 Å². The number of amides is 1. The van der Waals surface area contributed by atoms with Gasteiger partial charge >= 0.3 is 0 Å². The van der Waals surface area contributed by atoms with Crippen LogP contribution in [0.1, 0.15) is 18.4 Å². The van der Waals surface area contributed by atoms with E-state index in [0.29, 0.717) is 17.1 Å². The number of anilines is 1. The largest absolute Gasteiger partial charge is 0.497 e. The first kappa shape index (κ1) is 19.9. The fourth-order valence-corrected chi connectivity index (χ4v) is 4.04. The molecular weight excluding hydrogens is 390 g/mol. The van der Waals surface area contributed by atoms with Crippen LogP contribution in [0.2, 0.25) is 0 Å². The van der Waals surface area contributed by atoms with Gasteiger partial charge in [-0.2, -0.15) is 5.26 Å². The Balaban J connectivity index is 1.43. The van der Waals surface area contributed by atoms with Crippen LogP contribution in [0.15, 0.2) is 58.8 Å². The monoisotopic (exact) mass is 409 g/mol. The lowest BCUT2D eigenvalue weighted by atomic mass is 10.1. The molecule has 0 aliphatic rings. The molecule has 0 bridgehead atoms. The molecule has 0 aliphatic heterocycles. The summed E-state index contributed by atoms with van der Waals surface area (Å²) in [6.07, 6.45) is 1.24. The molecule has 5 nitrogen and oxygen atoms in total. The Labute approximate surface area is 172 Å². The third-order valence-corrected chi connectivity index (χ3v) is 5.79. The molecule has 3 aromatic rings. The maximum absolute atomic E-state index is 12.1. The number of thiazole rings is 1. The van der Waals surface area contributed by atoms with E-state index in [-0.39, 0.29) is 5.91 Å². The van der Waals surface area contributed by atoms with Crippen LogP contribution < -0.4 is 10.1 Å². The molecule has 3 rings (SSSR count). The van der Waals surface area contributed by atoms with Crippen molar-refractivity contribution in [1.82, 2.24) is 4.98 Å². The van der Waals surface area contributed by atoms with E-state index in [4.69, 9.17) is 10.00 Å². The van der Waals surface area contributed by atoms with Gasteiger partial charge in [0.05, 0.1) is 24.4 Å². The van der Waals surface area contributed by atoms with Gasteiger partial charge < -0.3 is 10.1 Å². The van der Waals surface area contributed by atoms with E-state index >= 15 is 0 Å². The van der Waals surface area contributed by atoms with Crippen LogP contribution in [0.25, 0.3) is 11.3 Å². The lowest BCUT2D eigenvalue weighted by Crippen LogP contribution is -2.11. The van der Waals surface area contributed by atoms with Gasteiger partial charge in [0.2, 0.25) is 5.91 Å². The fourth-order valence-electron chi connectivity index (χ4n) is 2.46. The lowest BCUT2D eigenvalue weighted by molar-refractivity contribution is -0.116. The summed E-state index contributed by atoms with van der Waals surface area (Å²) in [5.74, 6) is 1.68. The maximum atomic E-state index is 12.1.